The molecule has 1 aliphatic rings. The lowest BCUT2D eigenvalue weighted by atomic mass is 10.00. The molecule has 12 heteroatoms. The second kappa shape index (κ2) is 20.9. The largest absolute Gasteiger partial charge is 0.463 e. The Labute approximate surface area is 234 Å². The second-order valence-corrected chi connectivity index (χ2v) is 12.1. The lowest BCUT2D eigenvalue weighted by molar-refractivity contribution is -0.296. The van der Waals surface area contributed by atoms with Gasteiger partial charge in [-0.25, -0.2) is 0 Å². The molecular weight excluding hydrogens is 532 g/mol. The van der Waals surface area contributed by atoms with Crippen molar-refractivity contribution in [1.29, 1.82) is 0 Å². The molecule has 0 bridgehead atoms. The summed E-state index contributed by atoms with van der Waals surface area (Å²) in [5.74, 6) is -1.46. The van der Waals surface area contributed by atoms with Crippen molar-refractivity contribution in [2.45, 2.75) is 146 Å². The van der Waals surface area contributed by atoms with Crippen LogP contribution in [0.25, 0.3) is 0 Å². The first-order valence-corrected chi connectivity index (χ1v) is 16.3. The third-order valence-corrected chi connectivity index (χ3v) is 7.67. The quantitative estimate of drug-likeness (QED) is 0.0677. The van der Waals surface area contributed by atoms with Crippen LogP contribution in [0.5, 0.6) is 0 Å². The molecule has 1 heterocycles. The molecule has 0 unspecified atom stereocenters. The molecule has 5 N–H and O–H groups in total. The number of ether oxygens (including phenoxy) is 3. The molecule has 0 aromatic heterocycles. The standard InChI is InChI=1S/C27H52O11S/c1-2-3-4-5-6-7-8-9-10-11-12-13-14-15-16-17-23(29)36-18-21(28)19-37-27-26(32)25(31)24(30)22(38-27)20-39(33,34)35/h21-22,24-28,30-32H,2-20H2,1H3,(H,33,34,35)/t21-,22-,24-,25+,26-,27-/m1/s1. The van der Waals surface area contributed by atoms with Gasteiger partial charge in [0.2, 0.25) is 0 Å². The van der Waals surface area contributed by atoms with Crippen molar-refractivity contribution in [3.63, 3.8) is 0 Å². The van der Waals surface area contributed by atoms with E-state index < -0.39 is 65.3 Å². The van der Waals surface area contributed by atoms with Crippen molar-refractivity contribution in [2.75, 3.05) is 19.0 Å². The van der Waals surface area contributed by atoms with Crippen molar-refractivity contribution in [3.8, 4) is 0 Å². The predicted molar refractivity (Wildman–Crippen MR) is 146 cm³/mol. The summed E-state index contributed by atoms with van der Waals surface area (Å²) >= 11 is 0. The highest BCUT2D eigenvalue weighted by Crippen LogP contribution is 2.23. The van der Waals surface area contributed by atoms with E-state index in [1.807, 2.05) is 0 Å². The van der Waals surface area contributed by atoms with E-state index in [0.29, 0.717) is 6.42 Å². The summed E-state index contributed by atoms with van der Waals surface area (Å²) in [6, 6.07) is 0. The molecule has 0 aromatic carbocycles. The average Bonchev–Trinajstić information content (AvgIpc) is 2.88. The lowest BCUT2D eigenvalue weighted by Gasteiger charge is -2.40. The summed E-state index contributed by atoms with van der Waals surface area (Å²) in [4.78, 5) is 11.9. The highest BCUT2D eigenvalue weighted by molar-refractivity contribution is 7.85. The van der Waals surface area contributed by atoms with Gasteiger partial charge in [-0.2, -0.15) is 8.42 Å². The summed E-state index contributed by atoms with van der Waals surface area (Å²) < 4.78 is 46.4. The van der Waals surface area contributed by atoms with E-state index in [2.05, 4.69) is 6.92 Å². The fourth-order valence-corrected chi connectivity index (χ4v) is 5.25. The number of unbranched alkanes of at least 4 members (excludes halogenated alkanes) is 14. The van der Waals surface area contributed by atoms with Crippen LogP contribution in [0.3, 0.4) is 0 Å². The van der Waals surface area contributed by atoms with E-state index in [-0.39, 0.29) is 13.0 Å². The molecule has 39 heavy (non-hydrogen) atoms. The molecule has 11 nitrogen and oxygen atoms in total. The molecule has 0 aromatic rings. The molecule has 1 rings (SSSR count). The highest BCUT2D eigenvalue weighted by Gasteiger charge is 2.45. The average molecular weight is 585 g/mol. The van der Waals surface area contributed by atoms with Crippen LogP contribution in [0.15, 0.2) is 0 Å². The summed E-state index contributed by atoms with van der Waals surface area (Å²) in [5.41, 5.74) is 0. The number of esters is 1. The summed E-state index contributed by atoms with van der Waals surface area (Å²) in [6.45, 7) is 1.45. The maximum absolute atomic E-state index is 11.9. The van der Waals surface area contributed by atoms with Gasteiger partial charge >= 0.3 is 5.97 Å². The first-order chi connectivity index (χ1) is 18.5. The van der Waals surface area contributed by atoms with E-state index in [1.54, 1.807) is 0 Å². The van der Waals surface area contributed by atoms with Gasteiger partial charge in [0, 0.05) is 6.42 Å². The minimum Gasteiger partial charge on any atom is -0.463 e. The van der Waals surface area contributed by atoms with Crippen molar-refractivity contribution in [2.24, 2.45) is 0 Å². The second-order valence-electron chi connectivity index (χ2n) is 10.6. The molecule has 0 spiro atoms. The summed E-state index contributed by atoms with van der Waals surface area (Å²) in [6.07, 6.45) is 9.05. The molecule has 0 saturated carbocycles. The maximum atomic E-state index is 11.9. The highest BCUT2D eigenvalue weighted by atomic mass is 32.2. The van der Waals surface area contributed by atoms with Crippen LogP contribution in [0.1, 0.15) is 110 Å². The zero-order valence-electron chi connectivity index (χ0n) is 23.5. The number of aliphatic hydroxyl groups is 4. The number of carbonyl (C=O) groups excluding carboxylic acids is 1. The van der Waals surface area contributed by atoms with Crippen LogP contribution in [0.4, 0.5) is 0 Å². The Morgan fingerprint density at radius 3 is 1.74 bits per heavy atom. The van der Waals surface area contributed by atoms with Gasteiger partial charge in [0.15, 0.2) is 6.29 Å². The van der Waals surface area contributed by atoms with Crippen LogP contribution >= 0.6 is 0 Å². The van der Waals surface area contributed by atoms with Crippen LogP contribution in [0.2, 0.25) is 0 Å². The van der Waals surface area contributed by atoms with Gasteiger partial charge in [-0.15, -0.1) is 0 Å². The van der Waals surface area contributed by atoms with Gasteiger partial charge in [-0.05, 0) is 6.42 Å². The zero-order valence-corrected chi connectivity index (χ0v) is 24.3. The molecule has 1 saturated heterocycles. The van der Waals surface area contributed by atoms with Gasteiger partial charge in [0.25, 0.3) is 10.1 Å². The van der Waals surface area contributed by atoms with Crippen molar-refractivity contribution in [3.05, 3.63) is 0 Å². The van der Waals surface area contributed by atoms with Crippen LogP contribution in [-0.4, -0.2) is 95.1 Å². The normalized spacial score (nSPS) is 24.5. The summed E-state index contributed by atoms with van der Waals surface area (Å²) in [5, 5.41) is 39.7. The number of hydrogen-bond acceptors (Lipinski definition) is 10. The van der Waals surface area contributed by atoms with E-state index in [4.69, 9.17) is 18.8 Å². The molecule has 1 fully saturated rings. The third-order valence-electron chi connectivity index (χ3n) is 6.92. The fraction of sp³-hybridized carbons (Fsp3) is 0.963. The zero-order chi connectivity index (χ0) is 29.1. The molecule has 0 radical (unpaired) electrons. The van der Waals surface area contributed by atoms with Gasteiger partial charge in [0.1, 0.15) is 42.9 Å². The van der Waals surface area contributed by atoms with Gasteiger partial charge in [-0.1, -0.05) is 96.8 Å². The van der Waals surface area contributed by atoms with E-state index in [0.717, 1.165) is 19.3 Å². The Morgan fingerprint density at radius 2 is 1.26 bits per heavy atom. The van der Waals surface area contributed by atoms with Gasteiger partial charge in [-0.3, -0.25) is 9.35 Å². The molecular formula is C27H52O11S. The topological polar surface area (TPSA) is 180 Å². The van der Waals surface area contributed by atoms with Gasteiger partial charge in [0.05, 0.1) is 6.61 Å². The Hall–Kier alpha value is -0.860. The minimum atomic E-state index is -4.53. The molecule has 6 atom stereocenters. The number of hydrogen-bond donors (Lipinski definition) is 5. The molecule has 232 valence electrons. The Morgan fingerprint density at radius 1 is 0.769 bits per heavy atom. The third kappa shape index (κ3) is 17.5. The minimum absolute atomic E-state index is 0.248. The first-order valence-electron chi connectivity index (χ1n) is 14.6. The van der Waals surface area contributed by atoms with Crippen LogP contribution in [-0.2, 0) is 29.1 Å². The lowest BCUT2D eigenvalue weighted by Crippen LogP contribution is -2.60. The van der Waals surface area contributed by atoms with E-state index in [9.17, 15) is 33.6 Å². The monoisotopic (exact) mass is 584 g/mol. The number of carbonyl (C=O) groups is 1. The van der Waals surface area contributed by atoms with Gasteiger partial charge < -0.3 is 34.6 Å². The van der Waals surface area contributed by atoms with Crippen molar-refractivity contribution < 1.29 is 52.4 Å². The smallest absolute Gasteiger partial charge is 0.305 e. The Bertz CT molecular complexity index is 733. The number of aliphatic hydroxyl groups excluding tert-OH is 4. The maximum Gasteiger partial charge on any atom is 0.305 e. The molecule has 1 aliphatic heterocycles. The Balaban J connectivity index is 2.05. The van der Waals surface area contributed by atoms with E-state index >= 15 is 0 Å². The Kier molecular flexibility index (Phi) is 19.4. The summed E-state index contributed by atoms with van der Waals surface area (Å²) in [7, 11) is -4.53. The van der Waals surface area contributed by atoms with Crippen LogP contribution < -0.4 is 0 Å². The van der Waals surface area contributed by atoms with E-state index in [1.165, 1.54) is 70.6 Å². The van der Waals surface area contributed by atoms with Crippen LogP contribution in [0, 0.1) is 0 Å². The predicted octanol–water partition coefficient (Wildman–Crippen LogP) is 2.86. The first kappa shape index (κ1) is 36.2. The number of rotatable bonds is 23. The molecule has 0 aliphatic carbocycles. The fourth-order valence-electron chi connectivity index (χ4n) is 4.56. The van der Waals surface area contributed by atoms with Crippen molar-refractivity contribution in [1.82, 2.24) is 0 Å². The SMILES string of the molecule is CCCCCCCCCCCCCCCCCC(=O)OC[C@@H](O)CO[C@@H]1O[C@H](CS(=O)(=O)O)[C@@H](O)[C@H](O)[C@H]1O. The van der Waals surface area contributed by atoms with Crippen molar-refractivity contribution >= 4 is 16.1 Å². The molecule has 0 amide bonds.